The Kier molecular flexibility index (Phi) is 2.95. The van der Waals surface area contributed by atoms with Crippen LogP contribution in [-0.4, -0.2) is 12.6 Å². The van der Waals surface area contributed by atoms with Crippen LogP contribution in [0.15, 0.2) is 29.2 Å². The average Bonchev–Trinajstić information content (AvgIpc) is 2.00. The lowest BCUT2D eigenvalue weighted by Crippen LogP contribution is -1.99. The number of hydrogen-bond donors (Lipinski definition) is 1. The van der Waals surface area contributed by atoms with Crippen molar-refractivity contribution >= 4 is 20.6 Å². The number of hydrogen-bond acceptors (Lipinski definition) is 5. The SMILES string of the molecule is N=S(=O)(F)Oc1ccc(S(=O)(=O)F)cc1. The van der Waals surface area contributed by atoms with Gasteiger partial charge in [0.05, 0.1) is 4.90 Å². The molecule has 0 aliphatic heterocycles. The zero-order valence-corrected chi connectivity index (χ0v) is 8.65. The molecule has 0 aliphatic carbocycles. The zero-order chi connectivity index (χ0) is 11.7. The van der Waals surface area contributed by atoms with Crippen LogP contribution in [-0.2, 0) is 20.6 Å². The van der Waals surface area contributed by atoms with Crippen LogP contribution in [0.5, 0.6) is 5.75 Å². The molecule has 0 amide bonds. The number of rotatable bonds is 3. The van der Waals surface area contributed by atoms with Gasteiger partial charge in [-0.1, -0.05) is 3.89 Å². The Morgan fingerprint density at radius 1 is 1.07 bits per heavy atom. The molecule has 0 saturated carbocycles. The molecule has 84 valence electrons. The summed E-state index contributed by atoms with van der Waals surface area (Å²) in [6.07, 6.45) is 0. The Balaban J connectivity index is 3.02. The number of halogens is 2. The van der Waals surface area contributed by atoms with Crippen LogP contribution in [0, 0.1) is 4.78 Å². The van der Waals surface area contributed by atoms with Gasteiger partial charge in [-0.2, -0.15) is 17.4 Å². The average molecular weight is 257 g/mol. The Hall–Kier alpha value is -1.22. The summed E-state index contributed by atoms with van der Waals surface area (Å²) in [6.45, 7) is 0. The molecule has 15 heavy (non-hydrogen) atoms. The van der Waals surface area contributed by atoms with E-state index in [1.165, 1.54) is 0 Å². The maximum atomic E-state index is 12.4. The lowest BCUT2D eigenvalue weighted by atomic mass is 10.3. The van der Waals surface area contributed by atoms with E-state index in [0.717, 1.165) is 24.3 Å². The van der Waals surface area contributed by atoms with Gasteiger partial charge in [0, 0.05) is 0 Å². The van der Waals surface area contributed by atoms with Crippen LogP contribution in [0.4, 0.5) is 7.77 Å². The monoisotopic (exact) mass is 257 g/mol. The summed E-state index contributed by atoms with van der Waals surface area (Å²) in [5.41, 5.74) is 0. The summed E-state index contributed by atoms with van der Waals surface area (Å²) in [6, 6.07) is 3.38. The first-order valence-electron chi connectivity index (χ1n) is 3.41. The molecule has 0 spiro atoms. The molecule has 9 heteroatoms. The summed E-state index contributed by atoms with van der Waals surface area (Å²) < 4.78 is 65.7. The Morgan fingerprint density at radius 2 is 1.53 bits per heavy atom. The van der Waals surface area contributed by atoms with Gasteiger partial charge in [-0.3, -0.25) is 0 Å². The molecule has 1 rings (SSSR count). The molecule has 0 radical (unpaired) electrons. The summed E-state index contributed by atoms with van der Waals surface area (Å²) in [7, 11) is -9.50. The maximum absolute atomic E-state index is 12.4. The first kappa shape index (κ1) is 11.9. The van der Waals surface area contributed by atoms with Gasteiger partial charge in [-0.05, 0) is 24.3 Å². The van der Waals surface area contributed by atoms with Crippen molar-refractivity contribution < 1.29 is 24.6 Å². The lowest BCUT2D eigenvalue weighted by Gasteiger charge is -2.01. The smallest absolute Gasteiger partial charge is 0.373 e. The van der Waals surface area contributed by atoms with Gasteiger partial charge >= 0.3 is 20.6 Å². The minimum Gasteiger partial charge on any atom is -0.373 e. The Bertz CT molecular complexity index is 549. The molecule has 1 N–H and O–H groups in total. The van der Waals surface area contributed by atoms with Gasteiger partial charge in [0.1, 0.15) is 5.75 Å². The van der Waals surface area contributed by atoms with Crippen molar-refractivity contribution in [2.75, 3.05) is 0 Å². The van der Waals surface area contributed by atoms with Crippen molar-refractivity contribution in [3.63, 3.8) is 0 Å². The van der Waals surface area contributed by atoms with Crippen LogP contribution < -0.4 is 4.18 Å². The van der Waals surface area contributed by atoms with Crippen molar-refractivity contribution in [1.82, 2.24) is 0 Å². The van der Waals surface area contributed by atoms with E-state index in [1.807, 2.05) is 0 Å². The highest BCUT2D eigenvalue weighted by Crippen LogP contribution is 2.19. The summed E-state index contributed by atoms with van der Waals surface area (Å²) in [4.78, 5) is -0.634. The van der Waals surface area contributed by atoms with Gasteiger partial charge in [-0.15, -0.1) is 3.89 Å². The molecule has 0 fully saturated rings. The molecular weight excluding hydrogens is 252 g/mol. The van der Waals surface area contributed by atoms with E-state index >= 15 is 0 Å². The molecule has 1 unspecified atom stereocenters. The van der Waals surface area contributed by atoms with Crippen LogP contribution in [0.3, 0.4) is 0 Å². The van der Waals surface area contributed by atoms with Crippen LogP contribution in [0.25, 0.3) is 0 Å². The second-order valence-corrected chi connectivity index (χ2v) is 4.82. The molecular formula is C6H5F2NO4S2. The van der Waals surface area contributed by atoms with Gasteiger partial charge in [0.2, 0.25) is 0 Å². The fraction of sp³-hybridized carbons (Fsp3) is 0. The van der Waals surface area contributed by atoms with Crippen molar-refractivity contribution in [2.45, 2.75) is 4.90 Å². The predicted octanol–water partition coefficient (Wildman–Crippen LogP) is 1.57. The molecule has 0 aliphatic rings. The molecule has 0 bridgehead atoms. The van der Waals surface area contributed by atoms with E-state index in [9.17, 15) is 20.4 Å². The highest BCUT2D eigenvalue weighted by atomic mass is 32.3. The van der Waals surface area contributed by atoms with E-state index in [1.54, 1.807) is 0 Å². The third kappa shape index (κ3) is 3.80. The standard InChI is InChI=1S/C6H5F2NO4S2/c7-14(10,11)6-3-1-5(2-4-6)13-15(8,9)12/h1-4,9H. The van der Waals surface area contributed by atoms with Crippen molar-refractivity contribution in [2.24, 2.45) is 0 Å². The van der Waals surface area contributed by atoms with Gasteiger partial charge in [0.25, 0.3) is 0 Å². The van der Waals surface area contributed by atoms with E-state index in [-0.39, 0.29) is 5.75 Å². The molecule has 5 nitrogen and oxygen atoms in total. The van der Waals surface area contributed by atoms with Gasteiger partial charge in [0.15, 0.2) is 0 Å². The molecule has 0 aromatic heterocycles. The summed E-state index contributed by atoms with van der Waals surface area (Å²) in [5, 5.41) is 0. The summed E-state index contributed by atoms with van der Waals surface area (Å²) in [5.74, 6) is -0.329. The first-order chi connectivity index (χ1) is 6.68. The van der Waals surface area contributed by atoms with Crippen molar-refractivity contribution in [3.8, 4) is 5.75 Å². The van der Waals surface area contributed by atoms with E-state index < -0.39 is 25.5 Å². The van der Waals surface area contributed by atoms with Crippen LogP contribution in [0.2, 0.25) is 0 Å². The molecule has 0 heterocycles. The zero-order valence-electron chi connectivity index (χ0n) is 7.01. The Labute approximate surface area is 85.4 Å². The highest BCUT2D eigenvalue weighted by molar-refractivity contribution is 7.86. The first-order valence-corrected chi connectivity index (χ1v) is 6.18. The highest BCUT2D eigenvalue weighted by Gasteiger charge is 2.12. The van der Waals surface area contributed by atoms with Crippen LogP contribution >= 0.6 is 0 Å². The van der Waals surface area contributed by atoms with E-state index in [4.69, 9.17) is 4.78 Å². The molecule has 1 aromatic carbocycles. The van der Waals surface area contributed by atoms with Crippen molar-refractivity contribution in [3.05, 3.63) is 24.3 Å². The third-order valence-electron chi connectivity index (χ3n) is 1.31. The predicted molar refractivity (Wildman–Crippen MR) is 47.3 cm³/mol. The summed E-state index contributed by atoms with van der Waals surface area (Å²) >= 11 is 0. The largest absolute Gasteiger partial charge is 0.374 e. The number of benzene rings is 1. The minimum atomic E-state index is -4.83. The van der Waals surface area contributed by atoms with Gasteiger partial charge < -0.3 is 4.18 Å². The minimum absolute atomic E-state index is 0.329. The van der Waals surface area contributed by atoms with E-state index in [0.29, 0.717) is 0 Å². The fourth-order valence-corrected chi connectivity index (χ4v) is 1.60. The van der Waals surface area contributed by atoms with Gasteiger partial charge in [-0.25, -0.2) is 0 Å². The van der Waals surface area contributed by atoms with E-state index in [2.05, 4.69) is 4.18 Å². The molecule has 1 atom stereocenters. The van der Waals surface area contributed by atoms with Crippen LogP contribution in [0.1, 0.15) is 0 Å². The van der Waals surface area contributed by atoms with Crippen molar-refractivity contribution in [1.29, 1.82) is 4.78 Å². The topological polar surface area (TPSA) is 84.3 Å². The quantitative estimate of drug-likeness (QED) is 0.833. The maximum Gasteiger partial charge on any atom is 0.374 e. The molecule has 0 saturated heterocycles. The lowest BCUT2D eigenvalue weighted by molar-refractivity contribution is 0.501. The number of nitrogens with one attached hydrogen (secondary N) is 1. The second kappa shape index (κ2) is 3.74. The fourth-order valence-electron chi connectivity index (χ4n) is 0.782. The second-order valence-electron chi connectivity index (χ2n) is 2.43. The normalized spacial score (nSPS) is 15.6. The third-order valence-corrected chi connectivity index (χ3v) is 2.55. The Morgan fingerprint density at radius 3 is 1.87 bits per heavy atom. The molecule has 1 aromatic rings.